The highest BCUT2D eigenvalue weighted by Crippen LogP contribution is 2.55. The maximum Gasteiger partial charge on any atom is 0.132 e. The third-order valence-electron chi connectivity index (χ3n) is 13.2. The van der Waals surface area contributed by atoms with Crippen LogP contribution in [0.2, 0.25) is 36.3 Å². The van der Waals surface area contributed by atoms with Gasteiger partial charge in [-0.2, -0.15) is 0 Å². The molecule has 0 aliphatic carbocycles. The van der Waals surface area contributed by atoms with Crippen molar-refractivity contribution in [3.63, 3.8) is 0 Å². The van der Waals surface area contributed by atoms with Gasteiger partial charge in [0.15, 0.2) is 0 Å². The summed E-state index contributed by atoms with van der Waals surface area (Å²) in [6, 6.07) is 58.2. The molecule has 0 fully saturated rings. The van der Waals surface area contributed by atoms with Gasteiger partial charge in [0.1, 0.15) is 5.82 Å². The zero-order valence-corrected chi connectivity index (χ0v) is 42.6. The molecule has 0 aromatic heterocycles. The maximum absolute atomic E-state index is 16.5. The Morgan fingerprint density at radius 1 is 0.393 bits per heavy atom. The molecule has 61 heavy (non-hydrogen) atoms. The summed E-state index contributed by atoms with van der Waals surface area (Å²) >= 11 is 0. The largest absolute Gasteiger partial charge is 0.240 e. The van der Waals surface area contributed by atoms with Gasteiger partial charge in [-0.15, -0.1) is 0 Å². The summed E-state index contributed by atoms with van der Waals surface area (Å²) in [5.74, 6) is -0.117. The van der Waals surface area contributed by atoms with Crippen LogP contribution in [-0.2, 0) is 6.54 Å². The fourth-order valence-electron chi connectivity index (χ4n) is 9.60. The molecule has 0 aliphatic heterocycles. The molecule has 328 valence electrons. The molecule has 1 unspecified atom stereocenters. The van der Waals surface area contributed by atoms with Crippen LogP contribution in [0.5, 0.6) is 0 Å². The molecule has 6 heteroatoms. The summed E-state index contributed by atoms with van der Waals surface area (Å²) in [6.07, 6.45) is 15.5. The zero-order valence-electron chi connectivity index (χ0n) is 38.9. The Hall–Kier alpha value is -2.72. The minimum atomic E-state index is -1.70. The van der Waals surface area contributed by atoms with Crippen LogP contribution < -0.4 is 31.6 Å². The van der Waals surface area contributed by atoms with Crippen LogP contribution in [-0.4, -0.2) is 20.6 Å². The van der Waals surface area contributed by atoms with Crippen molar-refractivity contribution in [3.05, 3.63) is 145 Å². The van der Waals surface area contributed by atoms with Gasteiger partial charge >= 0.3 is 0 Å². The van der Waals surface area contributed by atoms with Crippen LogP contribution in [0.1, 0.15) is 124 Å². The quantitative estimate of drug-likeness (QED) is 0.0357. The molecule has 0 bridgehead atoms. The fourth-order valence-corrected chi connectivity index (χ4v) is 26.8. The van der Waals surface area contributed by atoms with Crippen molar-refractivity contribution in [2.45, 2.75) is 161 Å². The van der Waals surface area contributed by atoms with Gasteiger partial charge in [0, 0.05) is 28.0 Å². The minimum absolute atomic E-state index is 0.117. The number of nitrogens with zero attached hydrogens (tertiary/aromatic N) is 1. The number of hydrogen-bond acceptors (Lipinski definition) is 1. The van der Waals surface area contributed by atoms with Crippen molar-refractivity contribution in [3.8, 4) is 0 Å². The molecule has 0 saturated heterocycles. The second-order valence-electron chi connectivity index (χ2n) is 17.7. The third-order valence-corrected chi connectivity index (χ3v) is 29.7. The standard InChI is InChI=1S/C55H78FNP2Si2/c1-7-13-41-60(42-14-8-2,43-15-9-3)52-37-33-50(34-38-52)58(51-35-39-53(40-36-51)61(44-16-10-4,45-17-11-5)46-18-12-6)57(47-48-27-21-19-22-28-48)59(49-29-23-20-24-30-49)55-32-26-25-31-54(55)56/h19-40H,7-18,41-47H2,1-6H3. The lowest BCUT2D eigenvalue weighted by Crippen LogP contribution is -2.48. The van der Waals surface area contributed by atoms with E-state index in [0.29, 0.717) is 0 Å². The second-order valence-corrected chi connectivity index (χ2v) is 31.5. The SMILES string of the molecule is CCCC[Si](CCCC)(CCCC)c1ccc(P(c2ccc([Si](CCCC)(CCCC)CCCC)cc2)N(Cc2ccccc2)P(c2ccccc2)c2ccccc2F)cc1. The van der Waals surface area contributed by atoms with Crippen LogP contribution in [0.25, 0.3) is 0 Å². The molecule has 0 N–H and O–H groups in total. The summed E-state index contributed by atoms with van der Waals surface area (Å²) in [7, 11) is -5.73. The van der Waals surface area contributed by atoms with Crippen molar-refractivity contribution in [1.29, 1.82) is 0 Å². The molecule has 5 aromatic carbocycles. The Balaban J connectivity index is 1.76. The van der Waals surface area contributed by atoms with E-state index >= 15 is 4.39 Å². The Bertz CT molecular complexity index is 1820. The Kier molecular flexibility index (Phi) is 21.1. The molecule has 0 heterocycles. The molecule has 5 aromatic rings. The van der Waals surface area contributed by atoms with Gasteiger partial charge < -0.3 is 0 Å². The molecule has 0 radical (unpaired) electrons. The van der Waals surface area contributed by atoms with Crippen LogP contribution in [0.3, 0.4) is 0 Å². The van der Waals surface area contributed by atoms with E-state index in [4.69, 9.17) is 0 Å². The molecular formula is C55H78FNP2Si2. The highest BCUT2D eigenvalue weighted by Gasteiger charge is 2.37. The van der Waals surface area contributed by atoms with Gasteiger partial charge in [-0.1, -0.05) is 287 Å². The predicted molar refractivity (Wildman–Crippen MR) is 279 cm³/mol. The highest BCUT2D eigenvalue weighted by atomic mass is 31.2. The van der Waals surface area contributed by atoms with E-state index in [1.165, 1.54) is 135 Å². The number of benzene rings is 5. The molecule has 5 rings (SSSR count). The summed E-state index contributed by atoms with van der Waals surface area (Å²) in [6.45, 7) is 14.9. The maximum atomic E-state index is 16.5. The van der Waals surface area contributed by atoms with Crippen molar-refractivity contribution < 1.29 is 4.39 Å². The first-order valence-electron chi connectivity index (χ1n) is 24.3. The molecular weight excluding hydrogens is 812 g/mol. The Morgan fingerprint density at radius 2 is 0.738 bits per heavy atom. The van der Waals surface area contributed by atoms with E-state index in [9.17, 15) is 0 Å². The van der Waals surface area contributed by atoms with E-state index in [-0.39, 0.29) is 5.82 Å². The molecule has 1 atom stereocenters. The van der Waals surface area contributed by atoms with Crippen molar-refractivity contribution in [2.24, 2.45) is 0 Å². The van der Waals surface area contributed by atoms with Crippen molar-refractivity contribution in [2.75, 3.05) is 0 Å². The van der Waals surface area contributed by atoms with E-state index in [2.05, 4.69) is 161 Å². The zero-order chi connectivity index (χ0) is 43.3. The first kappa shape index (κ1) is 49.3. The third kappa shape index (κ3) is 13.4. The summed E-state index contributed by atoms with van der Waals surface area (Å²) in [4.78, 5) is 0. The number of halogens is 1. The average Bonchev–Trinajstić information content (AvgIpc) is 3.31. The van der Waals surface area contributed by atoms with E-state index in [1.54, 1.807) is 16.4 Å². The van der Waals surface area contributed by atoms with Gasteiger partial charge in [-0.3, -0.25) is 0 Å². The van der Waals surface area contributed by atoms with Crippen molar-refractivity contribution in [1.82, 2.24) is 4.44 Å². The van der Waals surface area contributed by atoms with Gasteiger partial charge in [0.25, 0.3) is 0 Å². The van der Waals surface area contributed by atoms with Crippen LogP contribution in [0, 0.1) is 5.82 Å². The number of hydrogen-bond donors (Lipinski definition) is 0. The molecule has 1 nitrogen and oxygen atoms in total. The van der Waals surface area contributed by atoms with Gasteiger partial charge in [-0.25, -0.2) is 8.83 Å². The first-order chi connectivity index (χ1) is 29.9. The fraction of sp³-hybridized carbons (Fsp3) is 0.455. The molecule has 0 aliphatic rings. The van der Waals surface area contributed by atoms with Crippen LogP contribution in [0.15, 0.2) is 133 Å². The highest BCUT2D eigenvalue weighted by molar-refractivity contribution is 7.84. The van der Waals surface area contributed by atoms with Crippen LogP contribution >= 0.6 is 16.1 Å². The summed E-state index contributed by atoms with van der Waals surface area (Å²) in [5.41, 5.74) is 1.26. The topological polar surface area (TPSA) is 3.24 Å². The molecule has 0 amide bonds. The van der Waals surface area contributed by atoms with Crippen molar-refractivity contribution >= 4 is 63.9 Å². The van der Waals surface area contributed by atoms with Gasteiger partial charge in [0.2, 0.25) is 0 Å². The molecule has 0 spiro atoms. The van der Waals surface area contributed by atoms with Gasteiger partial charge in [0.05, 0.1) is 16.1 Å². The monoisotopic (exact) mass is 890 g/mol. The lowest BCUT2D eigenvalue weighted by molar-refractivity contribution is 0.634. The minimum Gasteiger partial charge on any atom is -0.240 e. The second kappa shape index (κ2) is 26.2. The van der Waals surface area contributed by atoms with Crippen LogP contribution in [0.4, 0.5) is 4.39 Å². The Labute approximate surface area is 377 Å². The van der Waals surface area contributed by atoms with E-state index in [0.717, 1.165) is 11.8 Å². The normalized spacial score (nSPS) is 12.7. The molecule has 0 saturated carbocycles. The Morgan fingerprint density at radius 3 is 1.11 bits per heavy atom. The van der Waals surface area contributed by atoms with Gasteiger partial charge in [-0.05, 0) is 33.6 Å². The number of unbranched alkanes of at least 4 members (excludes halogenated alkanes) is 6. The summed E-state index contributed by atoms with van der Waals surface area (Å²) < 4.78 is 19.2. The van der Waals surface area contributed by atoms with E-state index < -0.39 is 32.3 Å². The lowest BCUT2D eigenvalue weighted by atomic mass is 10.2. The van der Waals surface area contributed by atoms with E-state index in [1.807, 2.05) is 12.1 Å². The average molecular weight is 890 g/mol. The lowest BCUT2D eigenvalue weighted by Gasteiger charge is -2.40. The first-order valence-corrected chi connectivity index (χ1v) is 32.1. The smallest absolute Gasteiger partial charge is 0.132 e. The summed E-state index contributed by atoms with van der Waals surface area (Å²) in [5, 5.41) is 8.05. The number of rotatable bonds is 28. The predicted octanol–water partition coefficient (Wildman–Crippen LogP) is 14.8.